The maximum atomic E-state index is 12.5. The Morgan fingerprint density at radius 3 is 2.53 bits per heavy atom. The van der Waals surface area contributed by atoms with Crippen molar-refractivity contribution in [2.24, 2.45) is 0 Å². The van der Waals surface area contributed by atoms with E-state index >= 15 is 0 Å². The molecule has 166 valence electrons. The maximum absolute atomic E-state index is 12.5. The van der Waals surface area contributed by atoms with Gasteiger partial charge in [-0.3, -0.25) is 4.79 Å². The number of pyridine rings is 2. The van der Waals surface area contributed by atoms with E-state index in [0.717, 1.165) is 46.3 Å². The number of fused-ring (bicyclic) bond motifs is 1. The molecule has 1 aliphatic carbocycles. The number of benzene rings is 1. The van der Waals surface area contributed by atoms with Crippen LogP contribution in [0, 0.1) is 22.7 Å². The van der Waals surface area contributed by atoms with Crippen LogP contribution in [0.15, 0.2) is 60.8 Å². The van der Waals surface area contributed by atoms with Crippen molar-refractivity contribution in [3.05, 3.63) is 72.1 Å². The Balaban J connectivity index is 1.42. The molecular weight excluding hydrogens is 424 g/mol. The number of nitrogens with one attached hydrogen (secondary N) is 2. The highest BCUT2D eigenvalue weighted by atomic mass is 16.2. The Morgan fingerprint density at radius 1 is 1.09 bits per heavy atom. The zero-order valence-electron chi connectivity index (χ0n) is 18.9. The van der Waals surface area contributed by atoms with Gasteiger partial charge in [0.25, 0.3) is 5.91 Å². The molecule has 5 rings (SSSR count). The third-order valence-corrected chi connectivity index (χ3v) is 6.17. The molecule has 0 spiro atoms. The minimum absolute atomic E-state index is 0.238. The molecular formula is C27H22N6O. The van der Waals surface area contributed by atoms with Gasteiger partial charge in [0.15, 0.2) is 0 Å². The predicted molar refractivity (Wildman–Crippen MR) is 128 cm³/mol. The van der Waals surface area contributed by atoms with Crippen LogP contribution in [0.4, 0.5) is 0 Å². The van der Waals surface area contributed by atoms with E-state index in [9.17, 15) is 10.1 Å². The minimum atomic E-state index is -0.983. The molecule has 0 radical (unpaired) electrons. The van der Waals surface area contributed by atoms with Gasteiger partial charge >= 0.3 is 0 Å². The summed E-state index contributed by atoms with van der Waals surface area (Å²) in [5.41, 5.74) is 4.15. The number of carbonyl (C=O) groups is 1. The molecule has 3 aromatic heterocycles. The van der Waals surface area contributed by atoms with Crippen molar-refractivity contribution in [3.8, 4) is 34.7 Å². The lowest BCUT2D eigenvalue weighted by Crippen LogP contribution is -2.42. The number of rotatable bonds is 5. The van der Waals surface area contributed by atoms with E-state index in [1.807, 2.05) is 42.5 Å². The first-order chi connectivity index (χ1) is 16.3. The third kappa shape index (κ3) is 3.89. The van der Waals surface area contributed by atoms with Crippen LogP contribution in [0.5, 0.6) is 0 Å². The van der Waals surface area contributed by atoms with Crippen LogP contribution in [-0.4, -0.2) is 26.4 Å². The van der Waals surface area contributed by atoms with E-state index in [-0.39, 0.29) is 11.1 Å². The molecule has 3 heterocycles. The molecule has 1 fully saturated rings. The lowest BCUT2D eigenvalue weighted by molar-refractivity contribution is 0.0924. The summed E-state index contributed by atoms with van der Waals surface area (Å²) >= 11 is 0. The summed E-state index contributed by atoms with van der Waals surface area (Å²) in [7, 11) is 0. The van der Waals surface area contributed by atoms with E-state index in [0.29, 0.717) is 5.69 Å². The van der Waals surface area contributed by atoms with E-state index in [1.165, 1.54) is 0 Å². The Labute approximate surface area is 197 Å². The van der Waals surface area contributed by atoms with E-state index in [1.54, 1.807) is 32.2 Å². The first kappa shape index (κ1) is 21.4. The number of nitriles is 2. The summed E-state index contributed by atoms with van der Waals surface area (Å²) in [6.45, 7) is 3.27. The van der Waals surface area contributed by atoms with Gasteiger partial charge in [-0.05, 0) is 62.1 Å². The summed E-state index contributed by atoms with van der Waals surface area (Å²) in [5.74, 6) is -0.404. The number of carbonyl (C=O) groups excluding carboxylic acids is 1. The van der Waals surface area contributed by atoms with Crippen LogP contribution in [0.3, 0.4) is 0 Å². The van der Waals surface area contributed by atoms with Crippen molar-refractivity contribution in [1.82, 2.24) is 20.3 Å². The number of amides is 1. The average molecular weight is 447 g/mol. The molecule has 0 unspecified atom stereocenters. The standard InChI is InChI=1S/C27H22N6O/c1-26(2,15-28)33-25(34)22-5-3-4-21(31-22)19-12-18-13-23(32-24(18)30-14-19)17-6-8-20(9-7-17)27(16-29)10-11-27/h3-9,12-14H,10-11H2,1-2H3,(H,30,32)(H,33,34). The fourth-order valence-electron chi connectivity index (χ4n) is 3.97. The Bertz CT molecular complexity index is 1500. The summed E-state index contributed by atoms with van der Waals surface area (Å²) < 4.78 is 0. The first-order valence-corrected chi connectivity index (χ1v) is 11.0. The van der Waals surface area contributed by atoms with E-state index in [2.05, 4.69) is 32.4 Å². The highest BCUT2D eigenvalue weighted by molar-refractivity contribution is 5.94. The summed E-state index contributed by atoms with van der Waals surface area (Å²) in [6, 6.07) is 21.8. The third-order valence-electron chi connectivity index (χ3n) is 6.17. The van der Waals surface area contributed by atoms with Crippen LogP contribution in [-0.2, 0) is 5.41 Å². The molecule has 1 amide bonds. The minimum Gasteiger partial charge on any atom is -0.339 e. The topological polar surface area (TPSA) is 118 Å². The number of H-pyrrole nitrogens is 1. The maximum Gasteiger partial charge on any atom is 0.271 e. The molecule has 0 bridgehead atoms. The Morgan fingerprint density at radius 2 is 1.85 bits per heavy atom. The second-order valence-electron chi connectivity index (χ2n) is 9.22. The smallest absolute Gasteiger partial charge is 0.271 e. The Kier molecular flexibility index (Phi) is 4.92. The van der Waals surface area contributed by atoms with E-state index in [4.69, 9.17) is 5.26 Å². The number of aromatic nitrogens is 3. The van der Waals surface area contributed by atoms with Gasteiger partial charge in [0.2, 0.25) is 0 Å². The van der Waals surface area contributed by atoms with Gasteiger partial charge < -0.3 is 10.3 Å². The molecule has 0 aliphatic heterocycles. The lowest BCUT2D eigenvalue weighted by atomic mass is 9.96. The highest BCUT2D eigenvalue weighted by Gasteiger charge is 2.44. The molecule has 0 saturated heterocycles. The van der Waals surface area contributed by atoms with Crippen LogP contribution >= 0.6 is 0 Å². The lowest BCUT2D eigenvalue weighted by Gasteiger charge is -2.17. The first-order valence-electron chi connectivity index (χ1n) is 11.0. The van der Waals surface area contributed by atoms with Gasteiger partial charge in [-0.15, -0.1) is 0 Å². The number of hydrogen-bond donors (Lipinski definition) is 2. The van der Waals surface area contributed by atoms with Crippen molar-refractivity contribution in [2.45, 2.75) is 37.6 Å². The molecule has 1 aromatic carbocycles. The summed E-state index contributed by atoms with van der Waals surface area (Å²) in [5, 5.41) is 22.2. The summed E-state index contributed by atoms with van der Waals surface area (Å²) in [6.07, 6.45) is 3.57. The van der Waals surface area contributed by atoms with E-state index < -0.39 is 11.4 Å². The molecule has 34 heavy (non-hydrogen) atoms. The number of aromatic amines is 1. The molecule has 7 nitrogen and oxygen atoms in total. The summed E-state index contributed by atoms with van der Waals surface area (Å²) in [4.78, 5) is 24.9. The van der Waals surface area contributed by atoms with Gasteiger partial charge in [-0.1, -0.05) is 30.3 Å². The number of nitrogens with zero attached hydrogens (tertiary/aromatic N) is 4. The van der Waals surface area contributed by atoms with Gasteiger partial charge in [0, 0.05) is 22.8 Å². The molecule has 2 N–H and O–H groups in total. The van der Waals surface area contributed by atoms with Crippen molar-refractivity contribution in [1.29, 1.82) is 10.5 Å². The van der Waals surface area contributed by atoms with Crippen LogP contribution in [0.2, 0.25) is 0 Å². The van der Waals surface area contributed by atoms with Crippen molar-refractivity contribution < 1.29 is 4.79 Å². The van der Waals surface area contributed by atoms with Crippen LogP contribution in [0.25, 0.3) is 33.5 Å². The normalized spacial score (nSPS) is 14.2. The van der Waals surface area contributed by atoms with Crippen molar-refractivity contribution >= 4 is 16.9 Å². The fraction of sp³-hybridized carbons (Fsp3) is 0.222. The molecule has 1 aliphatic rings. The van der Waals surface area contributed by atoms with Gasteiger partial charge in [0.05, 0.1) is 23.2 Å². The second-order valence-corrected chi connectivity index (χ2v) is 9.22. The largest absolute Gasteiger partial charge is 0.339 e. The monoisotopic (exact) mass is 446 g/mol. The quantitative estimate of drug-likeness (QED) is 0.453. The van der Waals surface area contributed by atoms with Crippen LogP contribution in [0.1, 0.15) is 42.7 Å². The van der Waals surface area contributed by atoms with Crippen molar-refractivity contribution in [2.75, 3.05) is 0 Å². The fourth-order valence-corrected chi connectivity index (χ4v) is 3.97. The van der Waals surface area contributed by atoms with Gasteiger partial charge in [-0.2, -0.15) is 10.5 Å². The van der Waals surface area contributed by atoms with Gasteiger partial charge in [0.1, 0.15) is 16.9 Å². The van der Waals surface area contributed by atoms with Crippen molar-refractivity contribution in [3.63, 3.8) is 0 Å². The highest BCUT2D eigenvalue weighted by Crippen LogP contribution is 2.47. The predicted octanol–water partition coefficient (Wildman–Crippen LogP) is 4.88. The zero-order chi connectivity index (χ0) is 23.9. The Hall–Kier alpha value is -4.49. The molecule has 1 saturated carbocycles. The number of hydrogen-bond acceptors (Lipinski definition) is 5. The van der Waals surface area contributed by atoms with Crippen LogP contribution < -0.4 is 5.32 Å². The molecule has 4 aromatic rings. The zero-order valence-corrected chi connectivity index (χ0v) is 18.9. The SMILES string of the molecule is CC(C)(C#N)NC(=O)c1cccc(-c2cnc3[nH]c(-c4ccc(C5(C#N)CC5)cc4)cc3c2)n1. The second kappa shape index (κ2) is 7.83. The molecule has 7 heteroatoms. The van der Waals surface area contributed by atoms with Gasteiger partial charge in [-0.25, -0.2) is 9.97 Å². The average Bonchev–Trinajstić information content (AvgIpc) is 3.55. The molecule has 0 atom stereocenters.